The van der Waals surface area contributed by atoms with Crippen LogP contribution in [0.25, 0.3) is 44.1 Å². The summed E-state index contributed by atoms with van der Waals surface area (Å²) < 4.78 is 0. The summed E-state index contributed by atoms with van der Waals surface area (Å²) in [4.78, 5) is 19.2. The highest BCUT2D eigenvalue weighted by atomic mass is 28.3. The quantitative estimate of drug-likeness (QED) is 0.173. The third-order valence-corrected chi connectivity index (χ3v) is 12.6. The molecular weight excluding hydrogens is 589 g/mol. The lowest BCUT2D eigenvalue weighted by atomic mass is 9.89. The van der Waals surface area contributed by atoms with Gasteiger partial charge in [0, 0.05) is 46.3 Å². The van der Waals surface area contributed by atoms with Gasteiger partial charge in [-0.25, -0.2) is 0 Å². The molecule has 0 bridgehead atoms. The van der Waals surface area contributed by atoms with Crippen LogP contribution in [0, 0.1) is 27.7 Å². The largest absolute Gasteiger partial charge is 0.258 e. The minimum atomic E-state index is -2.34. The molecule has 2 aromatic carbocycles. The Hall–Kier alpha value is -5.26. The molecule has 4 nitrogen and oxygen atoms in total. The number of hydrogen-bond donors (Lipinski definition) is 0. The molecule has 0 fully saturated rings. The molecule has 0 amide bonds. The first kappa shape index (κ1) is 30.4. The summed E-state index contributed by atoms with van der Waals surface area (Å²) >= 11 is 0. The zero-order valence-corrected chi connectivity index (χ0v) is 28.8. The summed E-state index contributed by atoms with van der Waals surface area (Å²) in [6.45, 7) is 13.1. The van der Waals surface area contributed by atoms with E-state index >= 15 is 0 Å². The number of aryl methyl sites for hydroxylation is 4. The van der Waals surface area contributed by atoms with E-state index < -0.39 is 8.07 Å². The summed E-state index contributed by atoms with van der Waals surface area (Å²) in [5.41, 5.74) is 15.5. The van der Waals surface area contributed by atoms with Crippen molar-refractivity contribution in [2.24, 2.45) is 0 Å². The van der Waals surface area contributed by atoms with Crippen molar-refractivity contribution < 1.29 is 0 Å². The Bertz CT molecular complexity index is 1970. The van der Waals surface area contributed by atoms with Gasteiger partial charge in [0.15, 0.2) is 0 Å². The number of hydrogen-bond acceptors (Lipinski definition) is 4. The van der Waals surface area contributed by atoms with Gasteiger partial charge in [0.1, 0.15) is 8.07 Å². The Labute approximate surface area is 278 Å². The molecule has 7 rings (SSSR count). The molecule has 0 atom stereocenters. The molecule has 0 saturated heterocycles. The van der Waals surface area contributed by atoms with Gasteiger partial charge in [-0.2, -0.15) is 0 Å². The SMILES string of the molecule is Cc1cc(-c2ccc(C3=C(c4ccccc4)C(c4ccccc4)=C(c4ccc(-c5cc(C)nc(C)c5)nc4)[Si]3(C)C)cn2)cc(C)n1. The number of allylic oxidation sites excluding steroid dienone is 2. The maximum absolute atomic E-state index is 5.05. The van der Waals surface area contributed by atoms with Crippen LogP contribution in [0.4, 0.5) is 0 Å². The topological polar surface area (TPSA) is 51.6 Å². The van der Waals surface area contributed by atoms with E-state index in [4.69, 9.17) is 9.97 Å². The van der Waals surface area contributed by atoms with Gasteiger partial charge >= 0.3 is 0 Å². The van der Waals surface area contributed by atoms with Crippen LogP contribution in [0.1, 0.15) is 45.0 Å². The average molecular weight is 627 g/mol. The predicted molar refractivity (Wildman–Crippen MR) is 198 cm³/mol. The fourth-order valence-corrected chi connectivity index (χ4v) is 11.0. The molecule has 230 valence electrons. The monoisotopic (exact) mass is 626 g/mol. The van der Waals surface area contributed by atoms with E-state index in [0.717, 1.165) is 45.3 Å². The fraction of sp³-hybridized carbons (Fsp3) is 0.143. The van der Waals surface area contributed by atoms with Crippen LogP contribution in [-0.2, 0) is 0 Å². The van der Waals surface area contributed by atoms with Gasteiger partial charge in [0.2, 0.25) is 0 Å². The molecule has 0 spiro atoms. The second-order valence-electron chi connectivity index (χ2n) is 13.0. The van der Waals surface area contributed by atoms with Crippen LogP contribution in [-0.4, -0.2) is 28.0 Å². The Balaban J connectivity index is 1.43. The van der Waals surface area contributed by atoms with Crippen LogP contribution in [0.3, 0.4) is 0 Å². The Morgan fingerprint density at radius 3 is 1.09 bits per heavy atom. The van der Waals surface area contributed by atoms with E-state index in [-0.39, 0.29) is 0 Å². The molecule has 0 unspecified atom stereocenters. The number of nitrogens with zero attached hydrogens (tertiary/aromatic N) is 4. The van der Waals surface area contributed by atoms with Gasteiger partial charge in [-0.3, -0.25) is 19.9 Å². The lowest BCUT2D eigenvalue weighted by molar-refractivity contribution is 1.12. The first-order valence-corrected chi connectivity index (χ1v) is 19.1. The molecule has 1 aliphatic heterocycles. The first-order chi connectivity index (χ1) is 22.7. The minimum Gasteiger partial charge on any atom is -0.258 e. The van der Waals surface area contributed by atoms with Crippen LogP contribution >= 0.6 is 0 Å². The highest BCUT2D eigenvalue weighted by Gasteiger charge is 2.44. The van der Waals surface area contributed by atoms with Crippen molar-refractivity contribution in [3.63, 3.8) is 0 Å². The van der Waals surface area contributed by atoms with E-state index in [1.807, 2.05) is 27.7 Å². The van der Waals surface area contributed by atoms with Gasteiger partial charge in [-0.15, -0.1) is 0 Å². The van der Waals surface area contributed by atoms with Gasteiger partial charge in [0.25, 0.3) is 0 Å². The first-order valence-electron chi connectivity index (χ1n) is 16.1. The Morgan fingerprint density at radius 1 is 0.404 bits per heavy atom. The minimum absolute atomic E-state index is 0.958. The zero-order valence-electron chi connectivity index (χ0n) is 27.8. The summed E-state index contributed by atoms with van der Waals surface area (Å²) in [5.74, 6) is 0. The lowest BCUT2D eigenvalue weighted by Crippen LogP contribution is -2.28. The molecule has 1 aliphatic rings. The van der Waals surface area contributed by atoms with Crippen LogP contribution in [0.2, 0.25) is 13.1 Å². The Kier molecular flexibility index (Phi) is 7.86. The van der Waals surface area contributed by atoms with E-state index in [1.54, 1.807) is 0 Å². The summed E-state index contributed by atoms with van der Waals surface area (Å²) in [7, 11) is -2.34. The molecule has 0 saturated carbocycles. The standard InChI is InChI=1S/C42H38N4Si/c1-27-21-35(22-28(2)45-27)37-19-17-33(25-43-37)41-39(31-13-9-7-10-14-31)40(32-15-11-8-12-16-32)42(47(41,5)6)34-18-20-38(44-26-34)36-23-29(3)46-30(4)24-36/h7-26H,1-6H3. The van der Waals surface area contributed by atoms with Crippen molar-refractivity contribution in [2.45, 2.75) is 40.8 Å². The molecule has 0 N–H and O–H groups in total. The van der Waals surface area contributed by atoms with E-state index in [9.17, 15) is 0 Å². The maximum Gasteiger partial charge on any atom is 0.115 e. The molecule has 47 heavy (non-hydrogen) atoms. The number of aromatic nitrogens is 4. The fourth-order valence-electron chi connectivity index (χ4n) is 7.19. The van der Waals surface area contributed by atoms with Crippen molar-refractivity contribution in [2.75, 3.05) is 0 Å². The zero-order chi connectivity index (χ0) is 32.7. The summed E-state index contributed by atoms with van der Waals surface area (Å²) in [5, 5.41) is 2.78. The van der Waals surface area contributed by atoms with Gasteiger partial charge in [0.05, 0.1) is 11.4 Å². The number of rotatable bonds is 6. The van der Waals surface area contributed by atoms with E-state index in [1.165, 1.54) is 43.8 Å². The van der Waals surface area contributed by atoms with Crippen molar-refractivity contribution >= 4 is 29.6 Å². The predicted octanol–water partition coefficient (Wildman–Crippen LogP) is 10.2. The van der Waals surface area contributed by atoms with Crippen molar-refractivity contribution in [3.8, 4) is 22.5 Å². The van der Waals surface area contributed by atoms with E-state index in [0.29, 0.717) is 0 Å². The van der Waals surface area contributed by atoms with E-state index in [2.05, 4.69) is 145 Å². The second-order valence-corrected chi connectivity index (χ2v) is 17.2. The van der Waals surface area contributed by atoms with Crippen LogP contribution < -0.4 is 0 Å². The average Bonchev–Trinajstić information content (AvgIpc) is 3.31. The van der Waals surface area contributed by atoms with Gasteiger partial charge in [-0.05, 0) is 108 Å². The van der Waals surface area contributed by atoms with Crippen molar-refractivity contribution in [3.05, 3.63) is 167 Å². The second kappa shape index (κ2) is 12.2. The number of benzene rings is 2. The van der Waals surface area contributed by atoms with Crippen molar-refractivity contribution in [1.29, 1.82) is 0 Å². The van der Waals surface area contributed by atoms with Crippen LogP contribution in [0.15, 0.2) is 122 Å². The van der Waals surface area contributed by atoms with Crippen LogP contribution in [0.5, 0.6) is 0 Å². The molecular formula is C42H38N4Si. The van der Waals surface area contributed by atoms with Gasteiger partial charge in [-0.1, -0.05) is 85.9 Å². The molecule has 4 aromatic heterocycles. The number of pyridine rings is 4. The highest BCUT2D eigenvalue weighted by Crippen LogP contribution is 2.55. The van der Waals surface area contributed by atoms with Gasteiger partial charge < -0.3 is 0 Å². The molecule has 0 radical (unpaired) electrons. The Morgan fingerprint density at radius 2 is 0.766 bits per heavy atom. The third kappa shape index (κ3) is 5.79. The molecule has 0 aliphatic carbocycles. The lowest BCUT2D eigenvalue weighted by Gasteiger charge is -2.26. The molecule has 5 heterocycles. The molecule has 6 aromatic rings. The smallest absolute Gasteiger partial charge is 0.115 e. The normalized spacial score (nSPS) is 14.2. The highest BCUT2D eigenvalue weighted by molar-refractivity contribution is 7.13. The molecule has 5 heteroatoms. The third-order valence-electron chi connectivity index (χ3n) is 8.98. The summed E-state index contributed by atoms with van der Waals surface area (Å²) in [6.07, 6.45) is 4.16. The van der Waals surface area contributed by atoms with Crippen molar-refractivity contribution in [1.82, 2.24) is 19.9 Å². The summed E-state index contributed by atoms with van der Waals surface area (Å²) in [6, 6.07) is 39.0. The maximum atomic E-state index is 5.05.